The molecule has 2 aliphatic heterocycles. The highest BCUT2D eigenvalue weighted by Gasteiger charge is 2.44. The summed E-state index contributed by atoms with van der Waals surface area (Å²) in [6.45, 7) is 3.85. The number of ether oxygens (including phenoxy) is 2. The maximum atomic E-state index is 11.6. The molecule has 3 rings (SSSR count). The Labute approximate surface area is 142 Å². The SMILES string of the molecule is CN(C)C(=O)CO[C@H]1CO[C@]2(CCCN(Cc3ccsc3)C2)C1. The quantitative estimate of drug-likeness (QED) is 0.823. The lowest BCUT2D eigenvalue weighted by atomic mass is 9.89. The van der Waals surface area contributed by atoms with Crippen LogP contribution in [0.3, 0.4) is 0 Å². The molecule has 6 heteroatoms. The highest BCUT2D eigenvalue weighted by Crippen LogP contribution is 2.36. The molecule has 128 valence electrons. The van der Waals surface area contributed by atoms with Crippen molar-refractivity contribution in [1.82, 2.24) is 9.80 Å². The van der Waals surface area contributed by atoms with Gasteiger partial charge in [-0.3, -0.25) is 9.69 Å². The lowest BCUT2D eigenvalue weighted by Gasteiger charge is -2.39. The van der Waals surface area contributed by atoms with Gasteiger partial charge in [0.05, 0.1) is 18.3 Å². The Hall–Kier alpha value is -0.950. The van der Waals surface area contributed by atoms with Gasteiger partial charge in [-0.25, -0.2) is 0 Å². The molecule has 0 bridgehead atoms. The molecule has 2 saturated heterocycles. The van der Waals surface area contributed by atoms with Crippen LogP contribution in [-0.2, 0) is 20.8 Å². The highest BCUT2D eigenvalue weighted by molar-refractivity contribution is 7.07. The van der Waals surface area contributed by atoms with Crippen LogP contribution >= 0.6 is 11.3 Å². The number of piperidine rings is 1. The van der Waals surface area contributed by atoms with Crippen LogP contribution in [0.2, 0.25) is 0 Å². The van der Waals surface area contributed by atoms with Gasteiger partial charge in [-0.05, 0) is 41.8 Å². The third-order valence-corrected chi connectivity index (χ3v) is 5.45. The summed E-state index contributed by atoms with van der Waals surface area (Å²) in [4.78, 5) is 15.7. The Morgan fingerprint density at radius 2 is 2.43 bits per heavy atom. The molecule has 1 aromatic rings. The molecule has 2 atom stereocenters. The van der Waals surface area contributed by atoms with E-state index in [1.54, 1.807) is 30.3 Å². The van der Waals surface area contributed by atoms with E-state index in [9.17, 15) is 4.79 Å². The van der Waals surface area contributed by atoms with E-state index in [0.29, 0.717) is 6.61 Å². The van der Waals surface area contributed by atoms with Crippen LogP contribution in [0.25, 0.3) is 0 Å². The summed E-state index contributed by atoms with van der Waals surface area (Å²) in [5.41, 5.74) is 1.30. The second kappa shape index (κ2) is 7.30. The first kappa shape index (κ1) is 16.9. The van der Waals surface area contributed by atoms with E-state index < -0.39 is 0 Å². The average Bonchev–Trinajstić information content (AvgIpc) is 3.15. The van der Waals surface area contributed by atoms with E-state index in [1.807, 2.05) is 0 Å². The topological polar surface area (TPSA) is 42.0 Å². The molecule has 0 unspecified atom stereocenters. The molecule has 0 saturated carbocycles. The zero-order chi connectivity index (χ0) is 16.3. The third kappa shape index (κ3) is 4.32. The van der Waals surface area contributed by atoms with Crippen molar-refractivity contribution in [1.29, 1.82) is 0 Å². The molecule has 1 aromatic heterocycles. The molecule has 1 amide bonds. The van der Waals surface area contributed by atoms with Crippen LogP contribution in [0.15, 0.2) is 16.8 Å². The molecule has 5 nitrogen and oxygen atoms in total. The van der Waals surface area contributed by atoms with Crippen LogP contribution in [0.4, 0.5) is 0 Å². The Morgan fingerprint density at radius 3 is 3.17 bits per heavy atom. The molecule has 2 aliphatic rings. The van der Waals surface area contributed by atoms with E-state index >= 15 is 0 Å². The first-order valence-electron chi connectivity index (χ1n) is 8.25. The summed E-state index contributed by atoms with van der Waals surface area (Å²) in [5.74, 6) is 0.00804. The Bertz CT molecular complexity index is 520. The van der Waals surface area contributed by atoms with E-state index in [4.69, 9.17) is 9.47 Å². The molecule has 0 aliphatic carbocycles. The van der Waals surface area contributed by atoms with Crippen LogP contribution in [0, 0.1) is 0 Å². The minimum absolute atomic E-state index is 0.00804. The number of likely N-dealkylation sites (N-methyl/N-ethyl adjacent to an activating group) is 1. The van der Waals surface area contributed by atoms with Gasteiger partial charge < -0.3 is 14.4 Å². The van der Waals surface area contributed by atoms with Crippen LogP contribution in [-0.4, -0.2) is 67.8 Å². The Kier molecular flexibility index (Phi) is 5.36. The van der Waals surface area contributed by atoms with E-state index in [0.717, 1.165) is 38.9 Å². The van der Waals surface area contributed by atoms with Crippen LogP contribution in [0.1, 0.15) is 24.8 Å². The van der Waals surface area contributed by atoms with E-state index in [1.165, 1.54) is 5.56 Å². The van der Waals surface area contributed by atoms with Gasteiger partial charge in [0, 0.05) is 33.6 Å². The molecule has 0 radical (unpaired) electrons. The molecular formula is C17H26N2O3S. The minimum atomic E-state index is -0.0832. The second-order valence-electron chi connectivity index (χ2n) is 6.87. The van der Waals surface area contributed by atoms with Crippen molar-refractivity contribution >= 4 is 17.2 Å². The van der Waals surface area contributed by atoms with Crippen LogP contribution in [0.5, 0.6) is 0 Å². The number of carbonyl (C=O) groups is 1. The number of rotatable bonds is 5. The molecule has 0 N–H and O–H groups in total. The number of hydrogen-bond acceptors (Lipinski definition) is 5. The third-order valence-electron chi connectivity index (χ3n) is 4.72. The summed E-state index contributed by atoms with van der Waals surface area (Å²) in [5, 5.41) is 4.35. The maximum Gasteiger partial charge on any atom is 0.248 e. The van der Waals surface area contributed by atoms with E-state index in [-0.39, 0.29) is 24.2 Å². The molecule has 1 spiro atoms. The summed E-state index contributed by atoms with van der Waals surface area (Å²) < 4.78 is 11.9. The van der Waals surface area contributed by atoms with Crippen molar-refractivity contribution in [3.8, 4) is 0 Å². The van der Waals surface area contributed by atoms with Gasteiger partial charge in [-0.15, -0.1) is 0 Å². The fourth-order valence-corrected chi connectivity index (χ4v) is 4.14. The first-order chi connectivity index (χ1) is 11.1. The monoisotopic (exact) mass is 338 g/mol. The smallest absolute Gasteiger partial charge is 0.248 e. The zero-order valence-corrected chi connectivity index (χ0v) is 14.8. The predicted octanol–water partition coefficient (Wildman–Crippen LogP) is 1.98. The van der Waals surface area contributed by atoms with Crippen molar-refractivity contribution in [3.05, 3.63) is 22.4 Å². The minimum Gasteiger partial charge on any atom is -0.371 e. The summed E-state index contributed by atoms with van der Waals surface area (Å²) in [6, 6.07) is 2.19. The molecule has 3 heterocycles. The normalized spacial score (nSPS) is 28.3. The van der Waals surface area contributed by atoms with Crippen LogP contribution < -0.4 is 0 Å². The van der Waals surface area contributed by atoms with Gasteiger partial charge in [0.1, 0.15) is 6.61 Å². The Morgan fingerprint density at radius 1 is 1.57 bits per heavy atom. The van der Waals surface area contributed by atoms with Gasteiger partial charge in [0.25, 0.3) is 0 Å². The molecule has 2 fully saturated rings. The van der Waals surface area contributed by atoms with Gasteiger partial charge >= 0.3 is 0 Å². The summed E-state index contributed by atoms with van der Waals surface area (Å²) in [7, 11) is 3.50. The number of thiophene rings is 1. The summed E-state index contributed by atoms with van der Waals surface area (Å²) >= 11 is 1.75. The van der Waals surface area contributed by atoms with E-state index in [2.05, 4.69) is 21.7 Å². The number of carbonyl (C=O) groups excluding carboxylic acids is 1. The maximum absolute atomic E-state index is 11.6. The average molecular weight is 338 g/mol. The lowest BCUT2D eigenvalue weighted by molar-refractivity contribution is -0.135. The first-order valence-corrected chi connectivity index (χ1v) is 9.20. The van der Waals surface area contributed by atoms with Gasteiger partial charge in [-0.2, -0.15) is 11.3 Å². The van der Waals surface area contributed by atoms with Crippen molar-refractivity contribution in [3.63, 3.8) is 0 Å². The molecular weight excluding hydrogens is 312 g/mol. The second-order valence-corrected chi connectivity index (χ2v) is 7.65. The molecule has 0 aromatic carbocycles. The number of nitrogens with zero attached hydrogens (tertiary/aromatic N) is 2. The fourth-order valence-electron chi connectivity index (χ4n) is 3.48. The predicted molar refractivity (Wildman–Crippen MR) is 90.6 cm³/mol. The Balaban J connectivity index is 1.50. The van der Waals surface area contributed by atoms with Gasteiger partial charge in [0.15, 0.2) is 0 Å². The van der Waals surface area contributed by atoms with Crippen molar-refractivity contribution in [2.24, 2.45) is 0 Å². The number of likely N-dealkylation sites (tertiary alicyclic amines) is 1. The fraction of sp³-hybridized carbons (Fsp3) is 0.706. The highest BCUT2D eigenvalue weighted by atomic mass is 32.1. The zero-order valence-electron chi connectivity index (χ0n) is 14.0. The van der Waals surface area contributed by atoms with Gasteiger partial charge in [0.2, 0.25) is 5.91 Å². The standard InChI is InChI=1S/C17H26N2O3S/c1-18(2)16(20)11-21-15-8-17(22-10-15)5-3-6-19(13-17)9-14-4-7-23-12-14/h4,7,12,15H,3,5-6,8-11,13H2,1-2H3/t15-,17-/m1/s1. The number of hydrogen-bond donors (Lipinski definition) is 0. The van der Waals surface area contributed by atoms with Crippen molar-refractivity contribution < 1.29 is 14.3 Å². The molecule has 23 heavy (non-hydrogen) atoms. The summed E-state index contributed by atoms with van der Waals surface area (Å²) in [6.07, 6.45) is 3.19. The number of amides is 1. The van der Waals surface area contributed by atoms with Crippen molar-refractivity contribution in [2.45, 2.75) is 37.5 Å². The lowest BCUT2D eigenvalue weighted by Crippen LogP contribution is -2.47. The van der Waals surface area contributed by atoms with Crippen molar-refractivity contribution in [2.75, 3.05) is 40.4 Å². The van der Waals surface area contributed by atoms with Gasteiger partial charge in [-0.1, -0.05) is 0 Å². The largest absolute Gasteiger partial charge is 0.371 e.